The number of aryl methyl sites for hydroxylation is 1. The van der Waals surface area contributed by atoms with Crippen molar-refractivity contribution >= 4 is 33.2 Å². The van der Waals surface area contributed by atoms with Crippen molar-refractivity contribution in [3.8, 4) is 5.75 Å². The Morgan fingerprint density at radius 1 is 1.17 bits per heavy atom. The maximum Gasteiger partial charge on any atom is 0.264 e. The quantitative estimate of drug-likeness (QED) is 0.273. The molecule has 1 amide bonds. The van der Waals surface area contributed by atoms with Crippen LogP contribution in [0.15, 0.2) is 48.6 Å². The Hall–Kier alpha value is -2.67. The van der Waals surface area contributed by atoms with E-state index in [1.807, 2.05) is 25.3 Å². The van der Waals surface area contributed by atoms with Crippen LogP contribution in [0.5, 0.6) is 5.75 Å². The summed E-state index contributed by atoms with van der Waals surface area (Å²) in [7, 11) is -1.93. The second kappa shape index (κ2) is 16.1. The van der Waals surface area contributed by atoms with Crippen molar-refractivity contribution in [3.63, 3.8) is 0 Å². The molecule has 0 bridgehead atoms. The number of halogens is 1. The van der Waals surface area contributed by atoms with Crippen molar-refractivity contribution in [1.82, 2.24) is 14.5 Å². The van der Waals surface area contributed by atoms with E-state index in [9.17, 15) is 13.2 Å². The zero-order valence-corrected chi connectivity index (χ0v) is 34.3. The molecule has 0 unspecified atom stereocenters. The topological polar surface area (TPSA) is 101 Å². The minimum atomic E-state index is -3.81. The Kier molecular flexibility index (Phi) is 11.8. The average Bonchev–Trinajstić information content (AvgIpc) is 3.28. The van der Waals surface area contributed by atoms with Gasteiger partial charge in [0.05, 0.1) is 30.3 Å². The molecule has 2 aromatic carbocycles. The van der Waals surface area contributed by atoms with Crippen LogP contribution >= 0.6 is 11.6 Å². The molecule has 0 aromatic heterocycles. The molecule has 54 heavy (non-hydrogen) atoms. The van der Waals surface area contributed by atoms with Crippen LogP contribution in [0.2, 0.25) is 5.02 Å². The van der Waals surface area contributed by atoms with Gasteiger partial charge < -0.3 is 19.1 Å². The number of morpholine rings is 1. The van der Waals surface area contributed by atoms with E-state index in [1.54, 1.807) is 19.9 Å². The Balaban J connectivity index is 1.20. The number of methoxy groups -OCH3 is 1. The third kappa shape index (κ3) is 7.96. The Labute approximate surface area is 327 Å². The molecule has 5 aliphatic rings. The summed E-state index contributed by atoms with van der Waals surface area (Å²) in [5, 5.41) is 0.0107. The molecule has 1 N–H and O–H groups in total. The van der Waals surface area contributed by atoms with Crippen LogP contribution in [0, 0.1) is 11.8 Å². The van der Waals surface area contributed by atoms with Crippen LogP contribution in [0.4, 0.5) is 5.69 Å². The van der Waals surface area contributed by atoms with Gasteiger partial charge in [-0.15, -0.1) is 0 Å². The minimum absolute atomic E-state index is 0.278. The molecule has 1 spiro atoms. The van der Waals surface area contributed by atoms with Gasteiger partial charge in [-0.05, 0) is 113 Å². The molecular weight excluding hydrogens is 724 g/mol. The average molecular weight is 783 g/mol. The minimum Gasteiger partial charge on any atom is -0.490 e. The lowest BCUT2D eigenvalue weighted by molar-refractivity contribution is -0.117. The van der Waals surface area contributed by atoms with Crippen molar-refractivity contribution in [3.05, 3.63) is 70.3 Å². The third-order valence-corrected chi connectivity index (χ3v) is 14.8. The molecular formula is C42H59ClN4O6S. The zero-order chi connectivity index (χ0) is 38.3. The van der Waals surface area contributed by atoms with E-state index in [0.717, 1.165) is 95.1 Å². The van der Waals surface area contributed by atoms with E-state index < -0.39 is 26.8 Å². The Morgan fingerprint density at radius 3 is 2.74 bits per heavy atom. The maximum absolute atomic E-state index is 13.4. The molecule has 6 atom stereocenters. The van der Waals surface area contributed by atoms with Gasteiger partial charge in [-0.2, -0.15) is 0 Å². The zero-order valence-electron chi connectivity index (χ0n) is 32.7. The normalized spacial score (nSPS) is 28.8. The van der Waals surface area contributed by atoms with Gasteiger partial charge in [0, 0.05) is 75.0 Å². The molecule has 296 valence electrons. The summed E-state index contributed by atoms with van der Waals surface area (Å²) in [5.41, 5.74) is 2.93. The number of fused-ring (bicyclic) bond motifs is 4. The summed E-state index contributed by atoms with van der Waals surface area (Å²) in [4.78, 5) is 21.0. The van der Waals surface area contributed by atoms with Crippen LogP contribution in [0.1, 0.15) is 81.3 Å². The number of hydrogen-bond donors (Lipinski definition) is 1. The summed E-state index contributed by atoms with van der Waals surface area (Å²) in [6.45, 7) is 15.0. The predicted molar refractivity (Wildman–Crippen MR) is 214 cm³/mol. The second-order valence-corrected chi connectivity index (χ2v) is 19.4. The van der Waals surface area contributed by atoms with Gasteiger partial charge in [0.25, 0.3) is 5.91 Å². The van der Waals surface area contributed by atoms with Crippen LogP contribution in [-0.2, 0) is 31.3 Å². The molecule has 1 saturated carbocycles. The molecule has 7 rings (SSSR count). The maximum atomic E-state index is 13.4. The fourth-order valence-electron chi connectivity index (χ4n) is 9.68. The first-order valence-electron chi connectivity index (χ1n) is 20.0. The fraction of sp³-hybridized carbons (Fsp3) is 0.643. The lowest BCUT2D eigenvalue weighted by atomic mass is 9.63. The van der Waals surface area contributed by atoms with Crippen molar-refractivity contribution in [2.45, 2.75) is 94.6 Å². The van der Waals surface area contributed by atoms with Gasteiger partial charge >= 0.3 is 0 Å². The monoisotopic (exact) mass is 782 g/mol. The number of hydrogen-bond acceptors (Lipinski definition) is 9. The molecule has 3 fully saturated rings. The molecule has 3 heterocycles. The highest BCUT2D eigenvalue weighted by molar-refractivity contribution is 7.90. The molecule has 2 aromatic rings. The standard InChI is InChI=1S/C42H59ClN4O6S/c1-6-7-17-42(51-5,27-45-18-19-46-22-30(4)52-25-35(46)24-45)37-13-10-33(37)23-47-26-41(16-8-9-31-20-34(43)12-14-36(31)41)28-53-39-15-11-32(21-38(39)47)40(48)44-54(49,50)29(2)3/h7,11-12,14-15,17,20-21,29-30,33,35,37H,6,8-10,13,16,18-19,22-28H2,1-5H3,(H,44,48)/b17-7+/t30-,33-,35-,37+,41-,42+/m0/s1. The van der Waals surface area contributed by atoms with Gasteiger partial charge in [0.1, 0.15) is 11.4 Å². The predicted octanol–water partition coefficient (Wildman–Crippen LogP) is 6.06. The number of piperazine rings is 1. The highest BCUT2D eigenvalue weighted by Crippen LogP contribution is 2.49. The molecule has 0 radical (unpaired) electrons. The van der Waals surface area contributed by atoms with Crippen LogP contribution < -0.4 is 14.4 Å². The Bertz CT molecular complexity index is 1820. The lowest BCUT2D eigenvalue weighted by Crippen LogP contribution is -2.63. The molecule has 12 heteroatoms. The molecule has 10 nitrogen and oxygen atoms in total. The summed E-state index contributed by atoms with van der Waals surface area (Å²) < 4.78 is 47.1. The number of carbonyl (C=O) groups excluding carboxylic acids is 1. The van der Waals surface area contributed by atoms with E-state index in [-0.39, 0.29) is 17.4 Å². The van der Waals surface area contributed by atoms with E-state index in [0.29, 0.717) is 36.4 Å². The number of benzene rings is 2. The SMILES string of the molecule is CC/C=C/[C@](CN1CCN2C[C@H](C)OC[C@@H]2C1)(OC)[C@@H]1CC[C@H]1CN1C[C@@]2(CCCc3cc(Cl)ccc32)COc2ccc(C(=O)NS(=O)(=O)C(C)C)cc21. The number of sulfonamides is 1. The number of nitrogens with one attached hydrogen (secondary N) is 1. The first kappa shape index (κ1) is 39.6. The lowest BCUT2D eigenvalue weighted by Gasteiger charge is -2.53. The van der Waals surface area contributed by atoms with Gasteiger partial charge in [0.15, 0.2) is 0 Å². The van der Waals surface area contributed by atoms with Crippen molar-refractivity contribution in [2.75, 3.05) is 71.0 Å². The van der Waals surface area contributed by atoms with E-state index in [2.05, 4.69) is 57.6 Å². The third-order valence-electron chi connectivity index (χ3n) is 12.9. The van der Waals surface area contributed by atoms with Crippen LogP contribution in [0.3, 0.4) is 0 Å². The highest BCUT2D eigenvalue weighted by atomic mass is 35.5. The van der Waals surface area contributed by atoms with Gasteiger partial charge in [-0.1, -0.05) is 36.7 Å². The smallest absolute Gasteiger partial charge is 0.264 e. The van der Waals surface area contributed by atoms with Gasteiger partial charge in [-0.25, -0.2) is 13.1 Å². The summed E-state index contributed by atoms with van der Waals surface area (Å²) in [6, 6.07) is 12.0. The highest BCUT2D eigenvalue weighted by Gasteiger charge is 2.50. The Morgan fingerprint density at radius 2 is 2.00 bits per heavy atom. The fourth-order valence-corrected chi connectivity index (χ4v) is 10.5. The van der Waals surface area contributed by atoms with Crippen molar-refractivity contribution < 1.29 is 27.4 Å². The van der Waals surface area contributed by atoms with Crippen LogP contribution in [-0.4, -0.2) is 113 Å². The van der Waals surface area contributed by atoms with E-state index in [1.165, 1.54) is 11.1 Å². The van der Waals surface area contributed by atoms with E-state index >= 15 is 0 Å². The van der Waals surface area contributed by atoms with Gasteiger partial charge in [-0.3, -0.25) is 14.6 Å². The first-order chi connectivity index (χ1) is 25.8. The van der Waals surface area contributed by atoms with E-state index in [4.69, 9.17) is 25.8 Å². The second-order valence-electron chi connectivity index (χ2n) is 16.8. The number of nitrogens with zero attached hydrogens (tertiary/aromatic N) is 3. The first-order valence-corrected chi connectivity index (χ1v) is 22.0. The van der Waals surface area contributed by atoms with Crippen molar-refractivity contribution in [2.24, 2.45) is 11.8 Å². The summed E-state index contributed by atoms with van der Waals surface area (Å²) >= 11 is 6.51. The number of rotatable bonds is 11. The molecule has 2 aliphatic carbocycles. The number of allylic oxidation sites excluding steroid dienone is 1. The number of amides is 1. The van der Waals surface area contributed by atoms with Crippen LogP contribution in [0.25, 0.3) is 0 Å². The largest absolute Gasteiger partial charge is 0.490 e. The van der Waals surface area contributed by atoms with Crippen molar-refractivity contribution in [1.29, 1.82) is 0 Å². The van der Waals surface area contributed by atoms with Gasteiger partial charge in [0.2, 0.25) is 10.0 Å². The summed E-state index contributed by atoms with van der Waals surface area (Å²) in [5.74, 6) is 0.680. The number of anilines is 1. The molecule has 2 saturated heterocycles. The molecule has 3 aliphatic heterocycles. The number of carbonyl (C=O) groups is 1. The summed E-state index contributed by atoms with van der Waals surface area (Å²) in [6.07, 6.45) is 10.9. The number of ether oxygens (including phenoxy) is 3.